The smallest absolute Gasteiger partial charge is 0.259 e. The number of nitrogens with zero attached hydrogens (tertiary/aromatic N) is 2. The number of benzene rings is 1. The van der Waals surface area contributed by atoms with Crippen molar-refractivity contribution in [1.82, 2.24) is 14.8 Å². The first-order valence-corrected chi connectivity index (χ1v) is 12.8. The summed E-state index contributed by atoms with van der Waals surface area (Å²) >= 11 is 0. The van der Waals surface area contributed by atoms with Gasteiger partial charge in [-0.3, -0.25) is 14.4 Å². The first kappa shape index (κ1) is 25.7. The highest BCUT2D eigenvalue weighted by Crippen LogP contribution is 2.21. The van der Waals surface area contributed by atoms with E-state index in [1.807, 2.05) is 24.3 Å². The number of likely N-dealkylation sites (tertiary alicyclic amines) is 1. The fraction of sp³-hybridized carbons (Fsp3) is 0.464. The third-order valence-corrected chi connectivity index (χ3v) is 6.90. The molecular formula is C28H35N3O5. The van der Waals surface area contributed by atoms with Gasteiger partial charge in [-0.05, 0) is 51.0 Å². The molecule has 2 amide bonds. The highest BCUT2D eigenvalue weighted by Gasteiger charge is 2.27. The van der Waals surface area contributed by atoms with E-state index in [9.17, 15) is 19.5 Å². The second-order valence-electron chi connectivity index (χ2n) is 9.56. The third kappa shape index (κ3) is 6.23. The summed E-state index contributed by atoms with van der Waals surface area (Å²) in [5, 5.41) is 12.9. The number of allylic oxidation sites excluding steroid dienone is 1. The molecule has 4 rings (SSSR count). The number of carbonyl (C=O) groups is 2. The van der Waals surface area contributed by atoms with Crippen molar-refractivity contribution in [1.29, 1.82) is 0 Å². The molecule has 36 heavy (non-hydrogen) atoms. The lowest BCUT2D eigenvalue weighted by Gasteiger charge is -2.30. The average Bonchev–Trinajstić information content (AvgIpc) is 2.90. The minimum absolute atomic E-state index is 0.0640. The molecule has 1 unspecified atom stereocenters. The van der Waals surface area contributed by atoms with Crippen LogP contribution >= 0.6 is 0 Å². The molecule has 1 atom stereocenters. The van der Waals surface area contributed by atoms with Gasteiger partial charge in [-0.1, -0.05) is 29.8 Å². The summed E-state index contributed by atoms with van der Waals surface area (Å²) in [6.45, 7) is 1.40. The minimum Gasteiger partial charge on any atom is -0.496 e. The predicted molar refractivity (Wildman–Crippen MR) is 137 cm³/mol. The van der Waals surface area contributed by atoms with Crippen molar-refractivity contribution < 1.29 is 19.4 Å². The van der Waals surface area contributed by atoms with Gasteiger partial charge in [-0.15, -0.1) is 0 Å². The van der Waals surface area contributed by atoms with Gasteiger partial charge in [0.1, 0.15) is 16.9 Å². The molecule has 192 valence electrons. The Hall–Kier alpha value is -3.39. The van der Waals surface area contributed by atoms with Gasteiger partial charge in [-0.25, -0.2) is 0 Å². The van der Waals surface area contributed by atoms with E-state index in [4.69, 9.17) is 4.74 Å². The van der Waals surface area contributed by atoms with E-state index < -0.39 is 23.3 Å². The molecule has 2 heterocycles. The Morgan fingerprint density at radius 1 is 1.14 bits per heavy atom. The Balaban J connectivity index is 1.62. The number of carbonyl (C=O) groups excluding carboxylic acids is 2. The van der Waals surface area contributed by atoms with Crippen LogP contribution in [-0.2, 0) is 6.54 Å². The maximum atomic E-state index is 13.3. The molecule has 1 fully saturated rings. The largest absolute Gasteiger partial charge is 0.496 e. The molecule has 0 bridgehead atoms. The number of para-hydroxylation sites is 1. The molecule has 1 saturated heterocycles. The van der Waals surface area contributed by atoms with Crippen LogP contribution in [0.25, 0.3) is 0 Å². The zero-order chi connectivity index (χ0) is 25.5. The number of rotatable bonds is 8. The van der Waals surface area contributed by atoms with Gasteiger partial charge in [0.15, 0.2) is 0 Å². The summed E-state index contributed by atoms with van der Waals surface area (Å²) in [6, 6.07) is 7.49. The van der Waals surface area contributed by atoms with Crippen LogP contribution in [0.15, 0.2) is 53.1 Å². The van der Waals surface area contributed by atoms with Crippen LogP contribution < -0.4 is 15.5 Å². The van der Waals surface area contributed by atoms with Gasteiger partial charge in [0, 0.05) is 37.6 Å². The van der Waals surface area contributed by atoms with E-state index in [1.54, 1.807) is 11.7 Å². The SMILES string of the molecule is COc1ccccc1Cn1cc(C(=O)NCCC2=CCCCC2)c(=O)c(C(=O)N2CCCC(O)C2)c1. The first-order valence-electron chi connectivity index (χ1n) is 12.8. The standard InChI is InChI=1S/C28H35N3O5/c1-36-25-12-6-5-10-21(25)16-30-18-23(27(34)29-14-13-20-8-3-2-4-9-20)26(33)24(19-30)28(35)31-15-7-11-22(32)17-31/h5-6,8,10,12,18-19,22,32H,2-4,7,9,11,13-17H2,1H3,(H,29,34). The van der Waals surface area contributed by atoms with E-state index >= 15 is 0 Å². The number of nitrogens with one attached hydrogen (secondary N) is 1. The van der Waals surface area contributed by atoms with E-state index in [1.165, 1.54) is 35.7 Å². The first-order chi connectivity index (χ1) is 17.5. The fourth-order valence-corrected chi connectivity index (χ4v) is 4.94. The molecule has 2 aliphatic rings. The molecule has 2 aromatic rings. The van der Waals surface area contributed by atoms with Gasteiger partial charge in [0.2, 0.25) is 5.43 Å². The van der Waals surface area contributed by atoms with Crippen LogP contribution in [0.2, 0.25) is 0 Å². The van der Waals surface area contributed by atoms with Crippen molar-refractivity contribution in [3.8, 4) is 5.75 Å². The molecule has 8 heteroatoms. The monoisotopic (exact) mass is 493 g/mol. The van der Waals surface area contributed by atoms with Crippen LogP contribution in [0.1, 0.15) is 71.2 Å². The topological polar surface area (TPSA) is 101 Å². The quantitative estimate of drug-likeness (QED) is 0.551. The van der Waals surface area contributed by atoms with E-state index in [2.05, 4.69) is 11.4 Å². The fourth-order valence-electron chi connectivity index (χ4n) is 4.94. The lowest BCUT2D eigenvalue weighted by atomic mass is 9.97. The minimum atomic E-state index is -0.612. The Morgan fingerprint density at radius 2 is 1.94 bits per heavy atom. The number of aliphatic hydroxyl groups excluding tert-OH is 1. The van der Waals surface area contributed by atoms with Crippen molar-refractivity contribution in [2.24, 2.45) is 0 Å². The Labute approximate surface area is 211 Å². The van der Waals surface area contributed by atoms with Crippen molar-refractivity contribution >= 4 is 11.8 Å². The van der Waals surface area contributed by atoms with E-state index in [0.717, 1.165) is 24.8 Å². The van der Waals surface area contributed by atoms with E-state index in [0.29, 0.717) is 38.2 Å². The molecule has 2 N–H and O–H groups in total. The molecule has 1 aromatic heterocycles. The molecule has 8 nitrogen and oxygen atoms in total. The Morgan fingerprint density at radius 3 is 2.69 bits per heavy atom. The summed E-state index contributed by atoms with van der Waals surface area (Å²) in [7, 11) is 1.58. The second kappa shape index (κ2) is 12.0. The molecule has 0 radical (unpaired) electrons. The second-order valence-corrected chi connectivity index (χ2v) is 9.56. The van der Waals surface area contributed by atoms with Gasteiger partial charge < -0.3 is 24.6 Å². The molecule has 0 spiro atoms. The number of β-amino-alcohol motifs (C(OH)–C–C–N with tert-alkyl or cyclic N) is 1. The number of amides is 2. The summed E-state index contributed by atoms with van der Waals surface area (Å²) in [5.74, 6) is -0.275. The summed E-state index contributed by atoms with van der Waals surface area (Å²) in [5.41, 5.74) is 1.46. The zero-order valence-electron chi connectivity index (χ0n) is 20.9. The number of hydrogen-bond acceptors (Lipinski definition) is 5. The van der Waals surface area contributed by atoms with Crippen LogP contribution in [0.3, 0.4) is 0 Å². The third-order valence-electron chi connectivity index (χ3n) is 6.90. The lowest BCUT2D eigenvalue weighted by molar-refractivity contribution is 0.0472. The normalized spacial score (nSPS) is 17.9. The Kier molecular flexibility index (Phi) is 8.59. The Bertz CT molecular complexity index is 1190. The number of aliphatic hydroxyl groups is 1. The number of pyridine rings is 1. The van der Waals surface area contributed by atoms with E-state index in [-0.39, 0.29) is 17.7 Å². The van der Waals surface area contributed by atoms with Crippen LogP contribution in [-0.4, -0.2) is 59.2 Å². The van der Waals surface area contributed by atoms with Gasteiger partial charge in [-0.2, -0.15) is 0 Å². The van der Waals surface area contributed by atoms with Crippen molar-refractivity contribution in [3.05, 3.63) is 75.2 Å². The number of ether oxygens (including phenoxy) is 1. The van der Waals surface area contributed by atoms with Crippen LogP contribution in [0.4, 0.5) is 0 Å². The predicted octanol–water partition coefficient (Wildman–Crippen LogP) is 3.12. The maximum Gasteiger partial charge on any atom is 0.259 e. The number of hydrogen-bond donors (Lipinski definition) is 2. The average molecular weight is 494 g/mol. The van der Waals surface area contributed by atoms with Crippen molar-refractivity contribution in [2.45, 2.75) is 57.6 Å². The number of aromatic nitrogens is 1. The van der Waals surface area contributed by atoms with Gasteiger partial charge in [0.05, 0.1) is 19.8 Å². The highest BCUT2D eigenvalue weighted by atomic mass is 16.5. The van der Waals surface area contributed by atoms with Gasteiger partial charge >= 0.3 is 0 Å². The molecule has 1 aliphatic carbocycles. The molecule has 0 saturated carbocycles. The molecule has 1 aromatic carbocycles. The maximum absolute atomic E-state index is 13.3. The van der Waals surface area contributed by atoms with Gasteiger partial charge in [0.25, 0.3) is 11.8 Å². The summed E-state index contributed by atoms with van der Waals surface area (Å²) in [6.07, 6.45) is 11.2. The molecular weight excluding hydrogens is 458 g/mol. The summed E-state index contributed by atoms with van der Waals surface area (Å²) in [4.78, 5) is 41.3. The molecule has 1 aliphatic heterocycles. The summed E-state index contributed by atoms with van der Waals surface area (Å²) < 4.78 is 7.14. The van der Waals surface area contributed by atoms with Crippen LogP contribution in [0, 0.1) is 0 Å². The van der Waals surface area contributed by atoms with Crippen molar-refractivity contribution in [2.75, 3.05) is 26.7 Å². The highest BCUT2D eigenvalue weighted by molar-refractivity contribution is 5.99. The van der Waals surface area contributed by atoms with Crippen molar-refractivity contribution in [3.63, 3.8) is 0 Å². The lowest BCUT2D eigenvalue weighted by Crippen LogP contribution is -2.44. The zero-order valence-corrected chi connectivity index (χ0v) is 20.9. The number of piperidine rings is 1. The van der Waals surface area contributed by atoms with Crippen LogP contribution in [0.5, 0.6) is 5.75 Å². The number of methoxy groups -OCH3 is 1.